The first-order valence-corrected chi connectivity index (χ1v) is 5.53. The second-order valence-electron chi connectivity index (χ2n) is 4.78. The van der Waals surface area contributed by atoms with E-state index in [9.17, 15) is 4.79 Å². The Bertz CT molecular complexity index is 204. The Morgan fingerprint density at radius 2 is 2.13 bits per heavy atom. The van der Waals surface area contributed by atoms with Crippen LogP contribution in [0.25, 0.3) is 0 Å². The van der Waals surface area contributed by atoms with Gasteiger partial charge in [0.15, 0.2) is 0 Å². The molecule has 0 amide bonds. The topological polar surface area (TPSA) is 47.6 Å². The van der Waals surface area contributed by atoms with Gasteiger partial charge in [0.1, 0.15) is 12.6 Å². The van der Waals surface area contributed by atoms with Crippen LogP contribution < -0.4 is 5.32 Å². The van der Waals surface area contributed by atoms with E-state index >= 15 is 0 Å². The molecule has 4 heteroatoms. The molecule has 0 radical (unpaired) electrons. The van der Waals surface area contributed by atoms with Crippen molar-refractivity contribution in [2.75, 3.05) is 19.8 Å². The summed E-state index contributed by atoms with van der Waals surface area (Å²) in [7, 11) is 0. The number of ether oxygens (including phenoxy) is 2. The van der Waals surface area contributed by atoms with Gasteiger partial charge >= 0.3 is 5.97 Å². The molecule has 15 heavy (non-hydrogen) atoms. The van der Waals surface area contributed by atoms with Gasteiger partial charge in [0, 0.05) is 0 Å². The van der Waals surface area contributed by atoms with E-state index in [0.29, 0.717) is 13.2 Å². The van der Waals surface area contributed by atoms with Crippen LogP contribution >= 0.6 is 0 Å². The fourth-order valence-corrected chi connectivity index (χ4v) is 1.48. The summed E-state index contributed by atoms with van der Waals surface area (Å²) in [6, 6.07) is -0.0976. The first-order valence-electron chi connectivity index (χ1n) is 5.53. The van der Waals surface area contributed by atoms with Gasteiger partial charge in [-0.1, -0.05) is 0 Å². The molecule has 88 valence electrons. The number of carbonyl (C=O) groups is 1. The van der Waals surface area contributed by atoms with Crippen LogP contribution in [0.5, 0.6) is 0 Å². The van der Waals surface area contributed by atoms with Crippen LogP contribution in [-0.2, 0) is 14.3 Å². The molecule has 4 nitrogen and oxygen atoms in total. The monoisotopic (exact) mass is 215 g/mol. The highest BCUT2D eigenvalue weighted by Crippen LogP contribution is 2.08. The lowest BCUT2D eigenvalue weighted by Gasteiger charge is -2.19. The first-order chi connectivity index (χ1) is 6.99. The highest BCUT2D eigenvalue weighted by atomic mass is 16.6. The van der Waals surface area contributed by atoms with Crippen molar-refractivity contribution >= 4 is 5.97 Å². The van der Waals surface area contributed by atoms with Crippen molar-refractivity contribution in [1.29, 1.82) is 0 Å². The predicted molar refractivity (Wildman–Crippen MR) is 57.7 cm³/mol. The lowest BCUT2D eigenvalue weighted by molar-refractivity contribution is -0.148. The van der Waals surface area contributed by atoms with E-state index in [2.05, 4.69) is 5.32 Å². The van der Waals surface area contributed by atoms with E-state index in [-0.39, 0.29) is 17.6 Å². The molecule has 1 aliphatic rings. The van der Waals surface area contributed by atoms with E-state index in [1.807, 2.05) is 20.8 Å². The summed E-state index contributed by atoms with van der Waals surface area (Å²) in [6.07, 6.45) is 1.94. The molecule has 1 aliphatic heterocycles. The van der Waals surface area contributed by atoms with Crippen LogP contribution in [0.1, 0.15) is 33.6 Å². The molecule has 0 aromatic carbocycles. The number of nitrogens with one attached hydrogen (secondary N) is 1. The third-order valence-corrected chi connectivity index (χ3v) is 2.21. The largest absolute Gasteiger partial charge is 0.462 e. The Morgan fingerprint density at radius 3 is 2.67 bits per heavy atom. The zero-order chi connectivity index (χ0) is 11.3. The van der Waals surface area contributed by atoms with Gasteiger partial charge < -0.3 is 14.8 Å². The molecule has 1 unspecified atom stereocenters. The Labute approximate surface area is 91.3 Å². The van der Waals surface area contributed by atoms with E-state index in [1.54, 1.807) is 0 Å². The molecular formula is C11H21NO3. The summed E-state index contributed by atoms with van der Waals surface area (Å²) >= 11 is 0. The fraction of sp³-hybridized carbons (Fsp3) is 0.909. The van der Waals surface area contributed by atoms with Gasteiger partial charge in [-0.15, -0.1) is 0 Å². The zero-order valence-electron chi connectivity index (χ0n) is 9.84. The summed E-state index contributed by atoms with van der Waals surface area (Å²) in [5, 5.41) is 3.10. The third-order valence-electron chi connectivity index (χ3n) is 2.21. The second-order valence-corrected chi connectivity index (χ2v) is 4.78. The van der Waals surface area contributed by atoms with Crippen LogP contribution in [0.3, 0.4) is 0 Å². The molecule has 1 N–H and O–H groups in total. The number of hydrogen-bond donors (Lipinski definition) is 1. The molecule has 1 atom stereocenters. The summed E-state index contributed by atoms with van der Waals surface area (Å²) < 4.78 is 10.5. The van der Waals surface area contributed by atoms with Crippen LogP contribution in [-0.4, -0.2) is 37.4 Å². The Balaban J connectivity index is 2.07. The summed E-state index contributed by atoms with van der Waals surface area (Å²) in [6.45, 7) is 7.66. The lowest BCUT2D eigenvalue weighted by atomic mass is 10.2. The summed E-state index contributed by atoms with van der Waals surface area (Å²) in [5.74, 6) is -0.148. The highest BCUT2D eigenvalue weighted by molar-refractivity contribution is 5.76. The summed E-state index contributed by atoms with van der Waals surface area (Å²) in [5.41, 5.74) is -0.169. The van der Waals surface area contributed by atoms with Crippen LogP contribution in [0, 0.1) is 0 Å². The van der Waals surface area contributed by atoms with Crippen molar-refractivity contribution in [3.8, 4) is 0 Å². The predicted octanol–water partition coefficient (Wildman–Crippen LogP) is 1.10. The van der Waals surface area contributed by atoms with Gasteiger partial charge in [-0.2, -0.15) is 0 Å². The van der Waals surface area contributed by atoms with E-state index < -0.39 is 0 Å². The van der Waals surface area contributed by atoms with Gasteiger partial charge in [0.2, 0.25) is 0 Å². The van der Waals surface area contributed by atoms with Gasteiger partial charge in [0.25, 0.3) is 0 Å². The lowest BCUT2D eigenvalue weighted by Crippen LogP contribution is -2.33. The smallest absolute Gasteiger partial charge is 0.323 e. The minimum absolute atomic E-state index is 0.0976. The molecule has 0 aliphatic carbocycles. The molecular weight excluding hydrogens is 194 g/mol. The standard InChI is InChI=1S/C11H21NO3/c1-11(2,3)15-8-7-14-10(13)9-5-4-6-12-9/h9,12H,4-8H2,1-3H3. The maximum Gasteiger partial charge on any atom is 0.323 e. The minimum atomic E-state index is -0.169. The van der Waals surface area contributed by atoms with Crippen molar-refractivity contribution in [1.82, 2.24) is 5.32 Å². The van der Waals surface area contributed by atoms with Gasteiger partial charge in [-0.3, -0.25) is 4.79 Å². The van der Waals surface area contributed by atoms with E-state index in [0.717, 1.165) is 19.4 Å². The molecule has 0 spiro atoms. The Hall–Kier alpha value is -0.610. The molecule has 0 bridgehead atoms. The van der Waals surface area contributed by atoms with E-state index in [1.165, 1.54) is 0 Å². The highest BCUT2D eigenvalue weighted by Gasteiger charge is 2.23. The van der Waals surface area contributed by atoms with Crippen molar-refractivity contribution < 1.29 is 14.3 Å². The first kappa shape index (κ1) is 12.5. The van der Waals surface area contributed by atoms with E-state index in [4.69, 9.17) is 9.47 Å². The number of esters is 1. The number of rotatable bonds is 4. The zero-order valence-corrected chi connectivity index (χ0v) is 9.84. The molecule has 1 saturated heterocycles. The van der Waals surface area contributed by atoms with Gasteiger partial charge in [-0.25, -0.2) is 0 Å². The number of carbonyl (C=O) groups excluding carboxylic acids is 1. The maximum absolute atomic E-state index is 11.4. The van der Waals surface area contributed by atoms with Gasteiger partial charge in [-0.05, 0) is 40.2 Å². The molecule has 1 heterocycles. The minimum Gasteiger partial charge on any atom is -0.462 e. The normalized spacial score (nSPS) is 21.7. The maximum atomic E-state index is 11.4. The molecule has 0 aromatic heterocycles. The van der Waals surface area contributed by atoms with Crippen LogP contribution in [0.2, 0.25) is 0 Å². The van der Waals surface area contributed by atoms with Crippen LogP contribution in [0.4, 0.5) is 0 Å². The molecule has 0 aromatic rings. The number of hydrogen-bond acceptors (Lipinski definition) is 4. The van der Waals surface area contributed by atoms with Crippen molar-refractivity contribution in [3.63, 3.8) is 0 Å². The van der Waals surface area contributed by atoms with Crippen molar-refractivity contribution in [2.24, 2.45) is 0 Å². The van der Waals surface area contributed by atoms with Crippen molar-refractivity contribution in [3.05, 3.63) is 0 Å². The van der Waals surface area contributed by atoms with Crippen molar-refractivity contribution in [2.45, 2.75) is 45.3 Å². The summed E-state index contributed by atoms with van der Waals surface area (Å²) in [4.78, 5) is 11.4. The Morgan fingerprint density at radius 1 is 1.40 bits per heavy atom. The molecule has 1 fully saturated rings. The van der Waals surface area contributed by atoms with Crippen LogP contribution in [0.15, 0.2) is 0 Å². The fourth-order valence-electron chi connectivity index (χ4n) is 1.48. The third kappa shape index (κ3) is 5.14. The molecule has 0 saturated carbocycles. The SMILES string of the molecule is CC(C)(C)OCCOC(=O)C1CCCN1. The average molecular weight is 215 g/mol. The second kappa shape index (κ2) is 5.47. The molecule has 1 rings (SSSR count). The Kier molecular flexibility index (Phi) is 4.54. The van der Waals surface area contributed by atoms with Gasteiger partial charge in [0.05, 0.1) is 12.2 Å². The average Bonchev–Trinajstić information content (AvgIpc) is 2.63. The quantitative estimate of drug-likeness (QED) is 0.563.